The topological polar surface area (TPSA) is 34.9 Å². The molecule has 1 rings (SSSR count). The highest BCUT2D eigenvalue weighted by molar-refractivity contribution is 7.98. The minimum atomic E-state index is 0.312. The van der Waals surface area contributed by atoms with Crippen molar-refractivity contribution in [1.29, 1.82) is 0 Å². The number of rotatable bonds is 7. The molecule has 0 aliphatic heterocycles. The summed E-state index contributed by atoms with van der Waals surface area (Å²) >= 11 is 1.72. The van der Waals surface area contributed by atoms with E-state index in [1.165, 1.54) is 0 Å². The van der Waals surface area contributed by atoms with Crippen LogP contribution in [0.3, 0.4) is 0 Å². The van der Waals surface area contributed by atoms with Gasteiger partial charge in [-0.05, 0) is 31.4 Å². The van der Waals surface area contributed by atoms with Gasteiger partial charge in [0.05, 0.1) is 5.69 Å². The monoisotopic (exact) mass is 240 g/mol. The highest BCUT2D eigenvalue weighted by atomic mass is 32.2. The maximum absolute atomic E-state index is 11.7. The van der Waals surface area contributed by atoms with E-state index >= 15 is 0 Å². The second kappa shape index (κ2) is 6.74. The molecule has 0 unspecified atom stereocenters. The van der Waals surface area contributed by atoms with E-state index in [-0.39, 0.29) is 0 Å². The van der Waals surface area contributed by atoms with Gasteiger partial charge >= 0.3 is 0 Å². The Hall–Kier alpha value is -0.770. The molecular weight excluding hydrogens is 220 g/mol. The van der Waals surface area contributed by atoms with E-state index in [1.54, 1.807) is 11.8 Å². The Morgan fingerprint density at radius 2 is 2.25 bits per heavy atom. The highest BCUT2D eigenvalue weighted by Gasteiger charge is 2.10. The maximum atomic E-state index is 11.7. The molecule has 0 aromatic carbocycles. The van der Waals surface area contributed by atoms with Gasteiger partial charge in [-0.25, -0.2) is 0 Å². The van der Waals surface area contributed by atoms with Crippen molar-refractivity contribution in [3.05, 3.63) is 17.5 Å². The molecule has 0 saturated heterocycles. The summed E-state index contributed by atoms with van der Waals surface area (Å²) in [5, 5.41) is 4.44. The van der Waals surface area contributed by atoms with E-state index in [1.807, 2.05) is 10.9 Å². The molecular formula is C12H20N2OS. The molecule has 0 aliphatic rings. The summed E-state index contributed by atoms with van der Waals surface area (Å²) in [5.41, 5.74) is 2.14. The van der Waals surface area contributed by atoms with Gasteiger partial charge in [-0.2, -0.15) is 16.9 Å². The normalized spacial score (nSPS) is 10.7. The second-order valence-electron chi connectivity index (χ2n) is 3.75. The van der Waals surface area contributed by atoms with Crippen molar-refractivity contribution in [2.45, 2.75) is 39.7 Å². The van der Waals surface area contributed by atoms with Gasteiger partial charge < -0.3 is 0 Å². The molecule has 0 aliphatic carbocycles. The first-order valence-electron chi connectivity index (χ1n) is 5.77. The molecule has 3 nitrogen and oxygen atoms in total. The molecule has 0 N–H and O–H groups in total. The van der Waals surface area contributed by atoms with Crippen molar-refractivity contribution in [3.63, 3.8) is 0 Å². The van der Waals surface area contributed by atoms with E-state index in [9.17, 15) is 4.79 Å². The summed E-state index contributed by atoms with van der Waals surface area (Å²) in [6, 6.07) is 2.06. The summed E-state index contributed by atoms with van der Waals surface area (Å²) in [7, 11) is 0. The van der Waals surface area contributed by atoms with Gasteiger partial charge in [-0.3, -0.25) is 9.48 Å². The highest BCUT2D eigenvalue weighted by Crippen LogP contribution is 2.08. The van der Waals surface area contributed by atoms with E-state index in [4.69, 9.17) is 0 Å². The van der Waals surface area contributed by atoms with Crippen molar-refractivity contribution in [2.24, 2.45) is 0 Å². The van der Waals surface area contributed by atoms with E-state index in [0.717, 1.165) is 30.1 Å². The predicted molar refractivity (Wildman–Crippen MR) is 69.0 cm³/mol. The summed E-state index contributed by atoms with van der Waals surface area (Å²) in [6.07, 6.45) is 4.15. The number of hydrogen-bond donors (Lipinski definition) is 0. The number of carbonyl (C=O) groups excluding carboxylic acids is 1. The largest absolute Gasteiger partial charge is 0.299 e. The molecule has 0 saturated carbocycles. The molecule has 0 amide bonds. The van der Waals surface area contributed by atoms with Gasteiger partial charge in [0.25, 0.3) is 0 Å². The average molecular weight is 240 g/mol. The van der Waals surface area contributed by atoms with Crippen LogP contribution in [0.2, 0.25) is 0 Å². The van der Waals surface area contributed by atoms with Crippen LogP contribution in [0.4, 0.5) is 0 Å². The summed E-state index contributed by atoms with van der Waals surface area (Å²) in [5.74, 6) is 1.23. The summed E-state index contributed by atoms with van der Waals surface area (Å²) in [4.78, 5) is 11.7. The fourth-order valence-electron chi connectivity index (χ4n) is 1.61. The average Bonchev–Trinajstić information content (AvgIpc) is 2.68. The lowest BCUT2D eigenvalue weighted by Crippen LogP contribution is -2.09. The number of carbonyl (C=O) groups is 1. The predicted octanol–water partition coefficient (Wildman–Crippen LogP) is 2.33. The quantitative estimate of drug-likeness (QED) is 0.733. The Labute approximate surface area is 102 Å². The zero-order valence-corrected chi connectivity index (χ0v) is 11.1. The fraction of sp³-hybridized carbons (Fsp3) is 0.667. The van der Waals surface area contributed by atoms with Gasteiger partial charge in [0.15, 0.2) is 0 Å². The Bertz CT molecular complexity index is 347. The zero-order chi connectivity index (χ0) is 12.0. The Balaban J connectivity index is 2.64. The van der Waals surface area contributed by atoms with Crippen molar-refractivity contribution >= 4 is 17.5 Å². The standard InChI is InChI=1S/C12H20N2OS/c1-4-10-8-11(14(5-2)13-10)9-12(15)6-7-16-3/h8H,4-7,9H2,1-3H3. The third-order valence-electron chi connectivity index (χ3n) is 2.54. The smallest absolute Gasteiger partial charge is 0.139 e. The van der Waals surface area contributed by atoms with Gasteiger partial charge in [0.2, 0.25) is 0 Å². The number of ketones is 1. The molecule has 0 atom stereocenters. The van der Waals surface area contributed by atoms with Crippen molar-refractivity contribution in [1.82, 2.24) is 9.78 Å². The molecule has 16 heavy (non-hydrogen) atoms. The molecule has 90 valence electrons. The molecule has 1 aromatic rings. The number of aromatic nitrogens is 2. The molecule has 1 aromatic heterocycles. The number of thioether (sulfide) groups is 1. The van der Waals surface area contributed by atoms with Crippen LogP contribution in [0.15, 0.2) is 6.07 Å². The Kier molecular flexibility index (Phi) is 5.60. The number of aryl methyl sites for hydroxylation is 2. The summed E-state index contributed by atoms with van der Waals surface area (Å²) < 4.78 is 1.94. The van der Waals surface area contributed by atoms with E-state index in [0.29, 0.717) is 18.6 Å². The van der Waals surface area contributed by atoms with Gasteiger partial charge in [0.1, 0.15) is 5.78 Å². The SMILES string of the molecule is CCc1cc(CC(=O)CCSC)n(CC)n1. The maximum Gasteiger partial charge on any atom is 0.139 e. The lowest BCUT2D eigenvalue weighted by Gasteiger charge is -2.03. The van der Waals surface area contributed by atoms with Crippen molar-refractivity contribution in [2.75, 3.05) is 12.0 Å². The number of hydrogen-bond acceptors (Lipinski definition) is 3. The van der Waals surface area contributed by atoms with Crippen LogP contribution in [0, 0.1) is 0 Å². The van der Waals surface area contributed by atoms with Crippen LogP contribution in [0.5, 0.6) is 0 Å². The molecule has 0 fully saturated rings. The molecule has 0 radical (unpaired) electrons. The molecule has 0 spiro atoms. The van der Waals surface area contributed by atoms with Crippen LogP contribution >= 0.6 is 11.8 Å². The first-order chi connectivity index (χ1) is 7.71. The third-order valence-corrected chi connectivity index (χ3v) is 3.15. The number of Topliss-reactive ketones (excluding diaryl/α,β-unsaturated/α-hetero) is 1. The number of nitrogens with zero attached hydrogens (tertiary/aromatic N) is 2. The molecule has 0 bridgehead atoms. The van der Waals surface area contributed by atoms with E-state index < -0.39 is 0 Å². The van der Waals surface area contributed by atoms with Crippen molar-refractivity contribution < 1.29 is 4.79 Å². The second-order valence-corrected chi connectivity index (χ2v) is 4.74. The minimum absolute atomic E-state index is 0.312. The van der Waals surface area contributed by atoms with E-state index in [2.05, 4.69) is 25.0 Å². The fourth-order valence-corrected chi connectivity index (χ4v) is 2.04. The summed E-state index contributed by atoms with van der Waals surface area (Å²) in [6.45, 7) is 4.98. The lowest BCUT2D eigenvalue weighted by atomic mass is 10.1. The lowest BCUT2D eigenvalue weighted by molar-refractivity contribution is -0.118. The van der Waals surface area contributed by atoms with Gasteiger partial charge in [-0.15, -0.1) is 0 Å². The Morgan fingerprint density at radius 3 is 2.81 bits per heavy atom. The minimum Gasteiger partial charge on any atom is -0.299 e. The first kappa shape index (κ1) is 13.3. The first-order valence-corrected chi connectivity index (χ1v) is 7.16. The van der Waals surface area contributed by atoms with Crippen LogP contribution in [-0.4, -0.2) is 27.6 Å². The molecule has 1 heterocycles. The van der Waals surface area contributed by atoms with Crippen molar-refractivity contribution in [3.8, 4) is 0 Å². The zero-order valence-electron chi connectivity index (χ0n) is 10.3. The Morgan fingerprint density at radius 1 is 1.50 bits per heavy atom. The molecule has 4 heteroatoms. The van der Waals surface area contributed by atoms with Crippen LogP contribution in [0.1, 0.15) is 31.7 Å². The van der Waals surface area contributed by atoms with Gasteiger partial charge in [-0.1, -0.05) is 6.92 Å². The third kappa shape index (κ3) is 3.67. The van der Waals surface area contributed by atoms with Gasteiger partial charge in [0, 0.05) is 25.1 Å². The van der Waals surface area contributed by atoms with Crippen LogP contribution in [-0.2, 0) is 24.2 Å². The van der Waals surface area contributed by atoms with Crippen LogP contribution < -0.4 is 0 Å². The van der Waals surface area contributed by atoms with Crippen LogP contribution in [0.25, 0.3) is 0 Å².